The van der Waals surface area contributed by atoms with Gasteiger partial charge in [-0.05, 0) is 80.8 Å². The van der Waals surface area contributed by atoms with Gasteiger partial charge in [0.05, 0.1) is 22.1 Å². The Morgan fingerprint density at radius 3 is 1.27 bits per heavy atom. The molecule has 0 N–H and O–H groups in total. The molecule has 0 bridgehead atoms. The summed E-state index contributed by atoms with van der Waals surface area (Å²) >= 11 is 0. The van der Waals surface area contributed by atoms with Gasteiger partial charge in [-0.1, -0.05) is 109 Å². The lowest BCUT2D eigenvalue weighted by molar-refractivity contribution is 1.17. The second-order valence-electron chi connectivity index (χ2n) is 11.8. The molecule has 0 aliphatic rings. The Bertz CT molecular complexity index is 2670. The maximum atomic E-state index is 2.47. The quantitative estimate of drug-likeness (QED) is 0.200. The van der Waals surface area contributed by atoms with Gasteiger partial charge in [0.2, 0.25) is 0 Å². The molecular formula is C42H26N2. The fourth-order valence-electron chi connectivity index (χ4n) is 7.60. The molecule has 2 heteroatoms. The van der Waals surface area contributed by atoms with Gasteiger partial charge < -0.3 is 9.13 Å². The van der Waals surface area contributed by atoms with E-state index in [4.69, 9.17) is 0 Å². The van der Waals surface area contributed by atoms with E-state index in [1.54, 1.807) is 0 Å². The molecule has 10 aromatic rings. The average molecular weight is 559 g/mol. The van der Waals surface area contributed by atoms with Crippen LogP contribution in [0.3, 0.4) is 0 Å². The summed E-state index contributed by atoms with van der Waals surface area (Å²) < 4.78 is 4.88. The zero-order valence-corrected chi connectivity index (χ0v) is 23.9. The van der Waals surface area contributed by atoms with Gasteiger partial charge in [-0.3, -0.25) is 0 Å². The van der Waals surface area contributed by atoms with Crippen LogP contribution in [0.15, 0.2) is 158 Å². The Morgan fingerprint density at radius 1 is 0.273 bits per heavy atom. The maximum absolute atomic E-state index is 2.47. The first-order valence-electron chi connectivity index (χ1n) is 15.2. The van der Waals surface area contributed by atoms with Crippen molar-refractivity contribution in [2.75, 3.05) is 0 Å². The molecule has 204 valence electrons. The van der Waals surface area contributed by atoms with E-state index in [-0.39, 0.29) is 0 Å². The number of benzene rings is 8. The third kappa shape index (κ3) is 3.14. The van der Waals surface area contributed by atoms with Crippen molar-refractivity contribution in [3.05, 3.63) is 158 Å². The van der Waals surface area contributed by atoms with Gasteiger partial charge in [0, 0.05) is 32.9 Å². The normalized spacial score (nSPS) is 12.1. The molecule has 0 radical (unpaired) electrons. The lowest BCUT2D eigenvalue weighted by Crippen LogP contribution is -1.95. The monoisotopic (exact) mass is 558 g/mol. The molecule has 0 amide bonds. The number of rotatable bonds is 2. The largest absolute Gasteiger partial charge is 0.309 e. The van der Waals surface area contributed by atoms with Gasteiger partial charge in [-0.15, -0.1) is 0 Å². The highest BCUT2D eigenvalue weighted by atomic mass is 15.0. The van der Waals surface area contributed by atoms with Crippen LogP contribution in [0, 0.1) is 0 Å². The van der Waals surface area contributed by atoms with Crippen LogP contribution in [0.4, 0.5) is 0 Å². The highest BCUT2D eigenvalue weighted by Crippen LogP contribution is 2.42. The van der Waals surface area contributed by atoms with Gasteiger partial charge >= 0.3 is 0 Å². The first kappa shape index (κ1) is 23.7. The first-order chi connectivity index (χ1) is 21.8. The zero-order valence-electron chi connectivity index (χ0n) is 23.9. The minimum Gasteiger partial charge on any atom is -0.309 e. The van der Waals surface area contributed by atoms with E-state index >= 15 is 0 Å². The van der Waals surface area contributed by atoms with Gasteiger partial charge in [-0.2, -0.15) is 0 Å². The van der Waals surface area contributed by atoms with Crippen molar-refractivity contribution < 1.29 is 0 Å². The molecule has 8 aromatic carbocycles. The van der Waals surface area contributed by atoms with E-state index in [0.717, 1.165) is 0 Å². The summed E-state index contributed by atoms with van der Waals surface area (Å²) in [5, 5.41) is 12.8. The molecule has 0 fully saturated rings. The summed E-state index contributed by atoms with van der Waals surface area (Å²) in [7, 11) is 0. The van der Waals surface area contributed by atoms with Crippen molar-refractivity contribution in [1.29, 1.82) is 0 Å². The molecule has 0 unspecified atom stereocenters. The number of fused-ring (bicyclic) bond motifs is 12. The molecule has 2 aromatic heterocycles. The van der Waals surface area contributed by atoms with Crippen molar-refractivity contribution in [2.24, 2.45) is 0 Å². The third-order valence-corrected chi connectivity index (χ3v) is 9.46. The smallest absolute Gasteiger partial charge is 0.0547 e. The molecule has 0 spiro atoms. The van der Waals surface area contributed by atoms with Crippen LogP contribution in [0.2, 0.25) is 0 Å². The number of hydrogen-bond donors (Lipinski definition) is 0. The van der Waals surface area contributed by atoms with E-state index in [1.165, 1.54) is 87.3 Å². The van der Waals surface area contributed by atoms with Crippen molar-refractivity contribution in [3.63, 3.8) is 0 Å². The minimum atomic E-state index is 1.17. The predicted molar refractivity (Wildman–Crippen MR) is 188 cm³/mol. The van der Waals surface area contributed by atoms with E-state index in [1.807, 2.05) is 0 Å². The highest BCUT2D eigenvalue weighted by Gasteiger charge is 2.20. The molecule has 0 saturated heterocycles. The zero-order chi connectivity index (χ0) is 28.8. The molecule has 2 heterocycles. The van der Waals surface area contributed by atoms with Gasteiger partial charge in [0.25, 0.3) is 0 Å². The van der Waals surface area contributed by atoms with Crippen LogP contribution in [0.25, 0.3) is 87.3 Å². The van der Waals surface area contributed by atoms with Crippen LogP contribution >= 0.6 is 0 Å². The van der Waals surface area contributed by atoms with E-state index in [9.17, 15) is 0 Å². The van der Waals surface area contributed by atoms with Crippen molar-refractivity contribution in [2.45, 2.75) is 0 Å². The highest BCUT2D eigenvalue weighted by molar-refractivity contribution is 6.29. The second kappa shape index (κ2) is 8.82. The SMILES string of the molecule is c1ccc(-n2c3ccc(-n4c5ccc6ccccc6c5c5c6ccccc6ccc54)cc3c3c4ccccc4ccc32)cc1. The Kier molecular flexibility index (Phi) is 4.75. The Balaban J connectivity index is 1.38. The number of para-hydroxylation sites is 1. The summed E-state index contributed by atoms with van der Waals surface area (Å²) in [6, 6.07) is 57.7. The van der Waals surface area contributed by atoms with Crippen molar-refractivity contribution in [1.82, 2.24) is 9.13 Å². The standard InChI is InChI=1S/C42H26N2/c1-2-13-30(14-3-1)43-36-25-21-31(26-35(36)40-32-15-7-4-10-27(32)18-22-37(40)43)44-38-23-19-28-11-5-8-16-33(28)41(38)42-34-17-9-6-12-29(34)20-24-39(42)44/h1-26H. The third-order valence-electron chi connectivity index (χ3n) is 9.46. The van der Waals surface area contributed by atoms with Crippen LogP contribution in [-0.4, -0.2) is 9.13 Å². The molecule has 0 atom stereocenters. The van der Waals surface area contributed by atoms with Crippen molar-refractivity contribution >= 4 is 75.9 Å². The molecule has 44 heavy (non-hydrogen) atoms. The van der Waals surface area contributed by atoms with E-state index in [2.05, 4.69) is 167 Å². The lowest BCUT2D eigenvalue weighted by Gasteiger charge is -2.11. The summed E-state index contributed by atoms with van der Waals surface area (Å²) in [5.74, 6) is 0. The molecule has 0 aliphatic heterocycles. The summed E-state index contributed by atoms with van der Waals surface area (Å²) in [5.41, 5.74) is 7.23. The van der Waals surface area contributed by atoms with Crippen LogP contribution < -0.4 is 0 Å². The minimum absolute atomic E-state index is 1.17. The lowest BCUT2D eigenvalue weighted by atomic mass is 10.00. The summed E-state index contributed by atoms with van der Waals surface area (Å²) in [6.07, 6.45) is 0. The Labute approximate surface area is 253 Å². The molecule has 0 aliphatic carbocycles. The number of nitrogens with zero attached hydrogens (tertiary/aromatic N) is 2. The molecular weight excluding hydrogens is 532 g/mol. The summed E-state index contributed by atoms with van der Waals surface area (Å²) in [6.45, 7) is 0. The predicted octanol–water partition coefficient (Wildman–Crippen LogP) is 11.3. The van der Waals surface area contributed by atoms with Crippen LogP contribution in [-0.2, 0) is 0 Å². The first-order valence-corrected chi connectivity index (χ1v) is 15.2. The van der Waals surface area contributed by atoms with Gasteiger partial charge in [-0.25, -0.2) is 0 Å². The Hall–Kier alpha value is -5.86. The summed E-state index contributed by atoms with van der Waals surface area (Å²) in [4.78, 5) is 0. The average Bonchev–Trinajstić information content (AvgIpc) is 3.62. The van der Waals surface area contributed by atoms with Crippen molar-refractivity contribution in [3.8, 4) is 11.4 Å². The fraction of sp³-hybridized carbons (Fsp3) is 0. The second-order valence-corrected chi connectivity index (χ2v) is 11.8. The van der Waals surface area contributed by atoms with E-state index in [0.29, 0.717) is 0 Å². The Morgan fingerprint density at radius 2 is 0.705 bits per heavy atom. The van der Waals surface area contributed by atoms with Gasteiger partial charge in [0.1, 0.15) is 0 Å². The molecule has 2 nitrogen and oxygen atoms in total. The fourth-order valence-corrected chi connectivity index (χ4v) is 7.60. The topological polar surface area (TPSA) is 9.86 Å². The maximum Gasteiger partial charge on any atom is 0.0547 e. The number of hydrogen-bond acceptors (Lipinski definition) is 0. The molecule has 10 rings (SSSR count). The molecule has 0 saturated carbocycles. The van der Waals surface area contributed by atoms with Gasteiger partial charge in [0.15, 0.2) is 0 Å². The van der Waals surface area contributed by atoms with E-state index < -0.39 is 0 Å². The van der Waals surface area contributed by atoms with Crippen LogP contribution in [0.1, 0.15) is 0 Å². The van der Waals surface area contributed by atoms with Crippen LogP contribution in [0.5, 0.6) is 0 Å². The number of aromatic nitrogens is 2.